The molecule has 2 rings (SSSR count). The summed E-state index contributed by atoms with van der Waals surface area (Å²) in [5.74, 6) is -1.59. The quantitative estimate of drug-likeness (QED) is 0.855. The van der Waals surface area contributed by atoms with E-state index < -0.39 is 23.6 Å². The average molecular weight is 273 g/mol. The smallest absolute Gasteiger partial charge is 0.416 e. The van der Waals surface area contributed by atoms with E-state index in [-0.39, 0.29) is 6.42 Å². The van der Waals surface area contributed by atoms with Crippen molar-refractivity contribution in [3.05, 3.63) is 29.3 Å². The molecule has 1 unspecified atom stereocenters. The number of carboxylic acid groups (broad SMARTS) is 1. The molecule has 1 aliphatic rings. The first kappa shape index (κ1) is 13.7. The third-order valence-electron chi connectivity index (χ3n) is 3.45. The van der Waals surface area contributed by atoms with Gasteiger partial charge in [-0.3, -0.25) is 4.79 Å². The molecule has 0 saturated heterocycles. The van der Waals surface area contributed by atoms with Gasteiger partial charge < -0.3 is 10.0 Å². The summed E-state index contributed by atoms with van der Waals surface area (Å²) in [6, 6.07) is 3.52. The van der Waals surface area contributed by atoms with E-state index in [2.05, 4.69) is 0 Å². The van der Waals surface area contributed by atoms with Gasteiger partial charge in [-0.1, -0.05) is 0 Å². The Bertz CT molecular complexity index is 499. The zero-order chi connectivity index (χ0) is 14.2. The molecule has 0 bridgehead atoms. The minimum Gasteiger partial charge on any atom is -0.481 e. The van der Waals surface area contributed by atoms with Crippen LogP contribution in [0, 0.1) is 5.92 Å². The molecule has 1 heterocycles. The Morgan fingerprint density at radius 2 is 2.11 bits per heavy atom. The number of nitrogens with zero attached hydrogens (tertiary/aromatic N) is 1. The van der Waals surface area contributed by atoms with Gasteiger partial charge in [-0.05, 0) is 36.6 Å². The zero-order valence-electron chi connectivity index (χ0n) is 10.4. The fourth-order valence-corrected chi connectivity index (χ4v) is 2.35. The predicted molar refractivity (Wildman–Crippen MR) is 64.2 cm³/mol. The second-order valence-electron chi connectivity index (χ2n) is 4.79. The summed E-state index contributed by atoms with van der Waals surface area (Å²) in [5, 5.41) is 9.06. The van der Waals surface area contributed by atoms with Crippen LogP contribution in [-0.2, 0) is 17.4 Å². The third-order valence-corrected chi connectivity index (χ3v) is 3.45. The molecule has 0 saturated carbocycles. The first-order chi connectivity index (χ1) is 8.79. The summed E-state index contributed by atoms with van der Waals surface area (Å²) < 4.78 is 38.0. The second kappa shape index (κ2) is 4.75. The fourth-order valence-electron chi connectivity index (χ4n) is 2.35. The third kappa shape index (κ3) is 2.83. The molecule has 19 heavy (non-hydrogen) atoms. The molecule has 0 aliphatic carbocycles. The number of hydrogen-bond donors (Lipinski definition) is 1. The van der Waals surface area contributed by atoms with Gasteiger partial charge in [-0.25, -0.2) is 0 Å². The van der Waals surface area contributed by atoms with E-state index in [1.54, 1.807) is 11.9 Å². The van der Waals surface area contributed by atoms with Crippen molar-refractivity contribution < 1.29 is 23.1 Å². The van der Waals surface area contributed by atoms with Crippen molar-refractivity contribution in [3.63, 3.8) is 0 Å². The normalized spacial score (nSPS) is 19.8. The van der Waals surface area contributed by atoms with Crippen molar-refractivity contribution >= 4 is 11.7 Å². The van der Waals surface area contributed by atoms with Crippen molar-refractivity contribution in [1.29, 1.82) is 0 Å². The van der Waals surface area contributed by atoms with Crippen LogP contribution < -0.4 is 4.90 Å². The summed E-state index contributed by atoms with van der Waals surface area (Å²) in [6.45, 7) is 0.523. The van der Waals surface area contributed by atoms with Crippen molar-refractivity contribution in [3.8, 4) is 0 Å². The van der Waals surface area contributed by atoms with E-state index in [9.17, 15) is 18.0 Å². The Balaban J connectivity index is 2.43. The molecule has 3 nitrogen and oxygen atoms in total. The van der Waals surface area contributed by atoms with Gasteiger partial charge in [0.1, 0.15) is 0 Å². The highest BCUT2D eigenvalue weighted by Gasteiger charge is 2.32. The number of anilines is 1. The lowest BCUT2D eigenvalue weighted by atomic mass is 9.96. The van der Waals surface area contributed by atoms with Crippen LogP contribution in [0.15, 0.2) is 18.2 Å². The van der Waals surface area contributed by atoms with Crippen LogP contribution in [0.25, 0.3) is 0 Å². The number of benzene rings is 1. The number of rotatable bonds is 1. The Morgan fingerprint density at radius 3 is 2.68 bits per heavy atom. The van der Waals surface area contributed by atoms with E-state index >= 15 is 0 Å². The molecule has 0 spiro atoms. The molecular formula is C13H14F3NO2. The molecule has 0 fully saturated rings. The van der Waals surface area contributed by atoms with Crippen molar-refractivity contribution in [1.82, 2.24) is 0 Å². The number of carboxylic acids is 1. The lowest BCUT2D eigenvalue weighted by Crippen LogP contribution is -2.21. The van der Waals surface area contributed by atoms with E-state index in [0.717, 1.165) is 12.1 Å². The molecule has 0 aromatic heterocycles. The maximum atomic E-state index is 12.7. The van der Waals surface area contributed by atoms with Gasteiger partial charge in [-0.15, -0.1) is 0 Å². The highest BCUT2D eigenvalue weighted by atomic mass is 19.4. The van der Waals surface area contributed by atoms with Crippen molar-refractivity contribution in [2.75, 3.05) is 18.5 Å². The molecule has 0 amide bonds. The number of carbonyl (C=O) groups is 1. The molecular weight excluding hydrogens is 259 g/mol. The van der Waals surface area contributed by atoms with Crippen molar-refractivity contribution in [2.45, 2.75) is 19.0 Å². The Hall–Kier alpha value is -1.72. The maximum Gasteiger partial charge on any atom is 0.416 e. The standard InChI is InChI=1S/C13H14F3NO2/c1-17-5-4-8(12(18)19)6-9-7-10(13(14,15)16)2-3-11(9)17/h2-3,7-8H,4-6H2,1H3,(H,18,19). The minimum atomic E-state index is -4.40. The number of alkyl halides is 3. The van der Waals surface area contributed by atoms with Gasteiger partial charge in [0.2, 0.25) is 0 Å². The van der Waals surface area contributed by atoms with E-state index in [4.69, 9.17) is 5.11 Å². The molecule has 1 atom stereocenters. The number of aliphatic carboxylic acids is 1. The molecule has 1 aromatic carbocycles. The van der Waals surface area contributed by atoms with Crippen LogP contribution in [0.1, 0.15) is 17.5 Å². The van der Waals surface area contributed by atoms with E-state index in [0.29, 0.717) is 24.2 Å². The summed E-state index contributed by atoms with van der Waals surface area (Å²) in [5.41, 5.74) is 0.393. The largest absolute Gasteiger partial charge is 0.481 e. The van der Waals surface area contributed by atoms with E-state index in [1.165, 1.54) is 6.07 Å². The number of hydrogen-bond acceptors (Lipinski definition) is 2. The van der Waals surface area contributed by atoms with Crippen LogP contribution in [0.5, 0.6) is 0 Å². The van der Waals surface area contributed by atoms with Gasteiger partial charge in [0.25, 0.3) is 0 Å². The molecule has 0 radical (unpaired) electrons. The predicted octanol–water partition coefficient (Wildman–Crippen LogP) is 2.79. The lowest BCUT2D eigenvalue weighted by molar-refractivity contribution is -0.141. The lowest BCUT2D eigenvalue weighted by Gasteiger charge is -2.20. The highest BCUT2D eigenvalue weighted by Crippen LogP contribution is 2.35. The minimum absolute atomic E-state index is 0.138. The molecule has 1 aromatic rings. The monoisotopic (exact) mass is 273 g/mol. The second-order valence-corrected chi connectivity index (χ2v) is 4.79. The summed E-state index contributed by atoms with van der Waals surface area (Å²) in [6.07, 6.45) is -3.83. The zero-order valence-corrected chi connectivity index (χ0v) is 10.4. The van der Waals surface area contributed by atoms with Gasteiger partial charge in [0.05, 0.1) is 11.5 Å². The van der Waals surface area contributed by atoms with Crippen LogP contribution >= 0.6 is 0 Å². The highest BCUT2D eigenvalue weighted by molar-refractivity contribution is 5.72. The number of halogens is 3. The van der Waals surface area contributed by atoms with Crippen molar-refractivity contribution in [2.24, 2.45) is 5.92 Å². The maximum absolute atomic E-state index is 12.7. The van der Waals surface area contributed by atoms with E-state index in [1.807, 2.05) is 0 Å². The number of fused-ring (bicyclic) bond motifs is 1. The Labute approximate surface area is 108 Å². The van der Waals surface area contributed by atoms with Crippen LogP contribution in [0.3, 0.4) is 0 Å². The van der Waals surface area contributed by atoms with Crippen LogP contribution in [0.2, 0.25) is 0 Å². The topological polar surface area (TPSA) is 40.5 Å². The van der Waals surface area contributed by atoms with Gasteiger partial charge in [-0.2, -0.15) is 13.2 Å². The molecule has 1 N–H and O–H groups in total. The van der Waals surface area contributed by atoms with Gasteiger partial charge in [0.15, 0.2) is 0 Å². The Morgan fingerprint density at radius 1 is 1.42 bits per heavy atom. The van der Waals surface area contributed by atoms with Gasteiger partial charge >= 0.3 is 12.1 Å². The van der Waals surface area contributed by atoms with Crippen LogP contribution in [-0.4, -0.2) is 24.7 Å². The fraction of sp³-hybridized carbons (Fsp3) is 0.462. The summed E-state index contributed by atoms with van der Waals surface area (Å²) in [7, 11) is 1.76. The SMILES string of the molecule is CN1CCC(C(=O)O)Cc2cc(C(F)(F)F)ccc21. The molecule has 1 aliphatic heterocycles. The first-order valence-corrected chi connectivity index (χ1v) is 5.93. The van der Waals surface area contributed by atoms with Crippen LogP contribution in [0.4, 0.5) is 18.9 Å². The average Bonchev–Trinajstić information content (AvgIpc) is 2.47. The first-order valence-electron chi connectivity index (χ1n) is 5.93. The summed E-state index contributed by atoms with van der Waals surface area (Å²) in [4.78, 5) is 12.9. The summed E-state index contributed by atoms with van der Waals surface area (Å²) >= 11 is 0. The van der Waals surface area contributed by atoms with Gasteiger partial charge in [0, 0.05) is 19.3 Å². The molecule has 104 valence electrons. The Kier molecular flexibility index (Phi) is 3.43. The molecule has 6 heteroatoms.